The summed E-state index contributed by atoms with van der Waals surface area (Å²) in [6.07, 6.45) is 13.7. The normalized spacial score (nSPS) is 32.1. The number of likely N-dealkylation sites (N-methyl/N-ethyl adjacent to an activating group) is 1. The van der Waals surface area contributed by atoms with Crippen molar-refractivity contribution in [2.45, 2.75) is 200 Å². The van der Waals surface area contributed by atoms with Gasteiger partial charge in [0, 0.05) is 129 Å². The Hall–Kier alpha value is -6.07. The van der Waals surface area contributed by atoms with E-state index in [0.717, 1.165) is 5.57 Å². The molecule has 26 heteroatoms. The first kappa shape index (κ1) is 81.9. The van der Waals surface area contributed by atoms with Crippen molar-refractivity contribution in [3.05, 3.63) is 65.6 Å². The molecule has 4 aliphatic heterocycles. The molecule has 26 nitrogen and oxygen atoms in total. The first-order valence-corrected chi connectivity index (χ1v) is 35.7. The number of hydrogen-bond acceptors (Lipinski definition) is 22. The lowest BCUT2D eigenvalue weighted by Crippen LogP contribution is -2.61. The second-order valence-corrected chi connectivity index (χ2v) is 27.8. The Bertz CT molecular complexity index is 2870. The summed E-state index contributed by atoms with van der Waals surface area (Å²) >= 11 is 0. The number of nitrogens with zero attached hydrogens (tertiary/aromatic N) is 6. The highest BCUT2D eigenvalue weighted by Gasteiger charge is 2.53. The summed E-state index contributed by atoms with van der Waals surface area (Å²) in [6, 6.07) is -1.14. The second kappa shape index (κ2) is 41.1. The summed E-state index contributed by atoms with van der Waals surface area (Å²) in [5.74, 6) is -7.15. The minimum atomic E-state index is -2.46. The average molecular weight is 1390 g/mol. The lowest BCUT2D eigenvalue weighted by atomic mass is 9.78. The molecule has 0 aromatic carbocycles. The van der Waals surface area contributed by atoms with Crippen molar-refractivity contribution in [3.63, 3.8) is 0 Å². The molecule has 4 fully saturated rings. The van der Waals surface area contributed by atoms with Crippen LogP contribution in [0.5, 0.6) is 0 Å². The molecule has 0 radical (unpaired) electrons. The van der Waals surface area contributed by atoms with Crippen molar-refractivity contribution >= 4 is 47.3 Å². The molecule has 3 saturated heterocycles. The number of amides is 4. The van der Waals surface area contributed by atoms with Crippen molar-refractivity contribution < 1.29 is 86.4 Å². The fourth-order valence-electron chi connectivity index (χ4n) is 14.1. The molecule has 99 heavy (non-hydrogen) atoms. The van der Waals surface area contributed by atoms with Gasteiger partial charge in [-0.05, 0) is 121 Å². The number of piperidine rings is 1. The van der Waals surface area contributed by atoms with Gasteiger partial charge in [-0.3, -0.25) is 28.9 Å². The molecule has 2 bridgehead atoms. The van der Waals surface area contributed by atoms with Gasteiger partial charge in [0.05, 0.1) is 57.3 Å². The molecule has 6 rings (SSSR count). The molecule has 4 amide bonds. The van der Waals surface area contributed by atoms with E-state index in [2.05, 4.69) is 20.6 Å². The highest BCUT2D eigenvalue weighted by molar-refractivity contribution is 6.39. The zero-order valence-electron chi connectivity index (χ0n) is 61.1. The van der Waals surface area contributed by atoms with Crippen LogP contribution in [0.2, 0.25) is 0 Å². The first-order valence-electron chi connectivity index (χ1n) is 35.7. The maximum Gasteiger partial charge on any atom is 0.407 e. The third-order valence-electron chi connectivity index (χ3n) is 20.2. The van der Waals surface area contributed by atoms with Crippen LogP contribution >= 0.6 is 0 Å². The van der Waals surface area contributed by atoms with Crippen LogP contribution in [0, 0.1) is 35.5 Å². The Morgan fingerprint density at radius 1 is 0.778 bits per heavy atom. The van der Waals surface area contributed by atoms with Crippen molar-refractivity contribution in [2.24, 2.45) is 35.5 Å². The molecule has 1 saturated carbocycles. The van der Waals surface area contributed by atoms with Gasteiger partial charge in [-0.1, -0.05) is 71.1 Å². The zero-order chi connectivity index (χ0) is 72.3. The number of esters is 1. The van der Waals surface area contributed by atoms with E-state index >= 15 is 0 Å². The molecular formula is C73H116N8O18. The van der Waals surface area contributed by atoms with Gasteiger partial charge in [0.15, 0.2) is 5.78 Å². The minimum absolute atomic E-state index is 0.00950. The number of rotatable bonds is 22. The van der Waals surface area contributed by atoms with E-state index in [0.29, 0.717) is 140 Å². The van der Waals surface area contributed by atoms with E-state index in [1.54, 1.807) is 64.4 Å². The zero-order valence-corrected chi connectivity index (χ0v) is 61.1. The smallest absolute Gasteiger partial charge is 0.407 e. The summed E-state index contributed by atoms with van der Waals surface area (Å²) in [5, 5.41) is 29.6. The number of methoxy groups -OCH3 is 4. The van der Waals surface area contributed by atoms with Crippen molar-refractivity contribution in [3.8, 4) is 0 Å². The Labute approximate surface area is 586 Å². The molecule has 5 heterocycles. The summed E-state index contributed by atoms with van der Waals surface area (Å²) in [6.45, 7) is 19.7. The van der Waals surface area contributed by atoms with E-state index in [-0.39, 0.29) is 80.3 Å². The van der Waals surface area contributed by atoms with Gasteiger partial charge in [0.2, 0.25) is 23.5 Å². The molecular weight excluding hydrogens is 1280 g/mol. The number of alkyl carbamates (subject to hydrolysis) is 1. The molecule has 0 spiro atoms. The van der Waals surface area contributed by atoms with Gasteiger partial charge in [0.25, 0.3) is 11.7 Å². The topological polar surface area (TPSA) is 306 Å². The quantitative estimate of drug-likeness (QED) is 0.0441. The van der Waals surface area contributed by atoms with E-state index in [1.807, 2.05) is 82.9 Å². The summed E-state index contributed by atoms with van der Waals surface area (Å²) in [4.78, 5) is 113. The van der Waals surface area contributed by atoms with E-state index in [9.17, 15) is 43.8 Å². The van der Waals surface area contributed by atoms with Gasteiger partial charge in [-0.15, -0.1) is 0 Å². The van der Waals surface area contributed by atoms with Gasteiger partial charge < -0.3 is 78.2 Å². The Balaban J connectivity index is 1.10. The van der Waals surface area contributed by atoms with Crippen LogP contribution in [0.1, 0.15) is 138 Å². The number of ether oxygens (including phenoxy) is 9. The number of nitrogens with one attached hydrogen (secondary N) is 2. The van der Waals surface area contributed by atoms with Gasteiger partial charge in [-0.25, -0.2) is 19.6 Å². The van der Waals surface area contributed by atoms with Gasteiger partial charge in [-0.2, -0.15) is 0 Å². The number of carbonyl (C=O) groups excluding carboxylic acids is 7. The number of Topliss-reactive ketones (excluding diaryl/α,β-unsaturated/α-hetero) is 2. The molecule has 1 aromatic heterocycles. The maximum absolute atomic E-state index is 14.9. The maximum atomic E-state index is 14.9. The van der Waals surface area contributed by atoms with Crippen LogP contribution in [0.25, 0.3) is 0 Å². The highest BCUT2D eigenvalue weighted by atomic mass is 16.6. The van der Waals surface area contributed by atoms with Crippen LogP contribution in [0.3, 0.4) is 0 Å². The van der Waals surface area contributed by atoms with E-state index < -0.39 is 96.2 Å². The highest BCUT2D eigenvalue weighted by Crippen LogP contribution is 2.39. The lowest BCUT2D eigenvalue weighted by Gasteiger charge is -2.43. The Morgan fingerprint density at radius 3 is 2.18 bits per heavy atom. The third kappa shape index (κ3) is 24.6. The van der Waals surface area contributed by atoms with Crippen LogP contribution in [0.4, 0.5) is 10.7 Å². The number of hydrogen-bond donors (Lipinski definition) is 4. The summed E-state index contributed by atoms with van der Waals surface area (Å²) in [5.41, 5.74) is 2.02. The van der Waals surface area contributed by atoms with E-state index in [1.165, 1.54) is 12.0 Å². The Kier molecular flexibility index (Phi) is 34.0. The monoisotopic (exact) mass is 1390 g/mol. The molecule has 1 aromatic rings. The number of aliphatic hydroxyl groups excluding tert-OH is 1. The van der Waals surface area contributed by atoms with Gasteiger partial charge >= 0.3 is 12.1 Å². The van der Waals surface area contributed by atoms with Crippen molar-refractivity contribution in [2.75, 3.05) is 119 Å². The van der Waals surface area contributed by atoms with Crippen molar-refractivity contribution in [1.29, 1.82) is 0 Å². The fourth-order valence-corrected chi connectivity index (χ4v) is 14.1. The van der Waals surface area contributed by atoms with Crippen LogP contribution in [0.15, 0.2) is 60.0 Å². The number of aromatic nitrogens is 2. The molecule has 4 N–H and O–H groups in total. The van der Waals surface area contributed by atoms with E-state index in [4.69, 9.17) is 42.6 Å². The SMILES string of the molecule is CCOCCOCCNC(=O)CN(C)CC(=O)N1CCN(c2ncc(CNC(=O)O[C@@H]3CC[C@@H](C[C@@H](C)[C@@H]4C[C@@H](OC)[C@H](C)/C=C(\C)[C@@H](O)[C@@H](OC)C(=O)[C@H](C)C[C@H](C)/C=C/C=C/C=C(\C)[C@@H](OC)C[C@@H]5CC[C@@H](C)[C@@](O)(O5)C(=O)C(=O)N5CCCCC5C(=O)O4)C[C@H]3OC)cn2)CC1. The molecule has 5 aliphatic rings. The lowest BCUT2D eigenvalue weighted by molar-refractivity contribution is -0.265. The first-order chi connectivity index (χ1) is 47.3. The van der Waals surface area contributed by atoms with Crippen LogP contribution < -0.4 is 15.5 Å². The predicted octanol–water partition coefficient (Wildman–Crippen LogP) is 6.10. The third-order valence-corrected chi connectivity index (χ3v) is 20.2. The standard InChI is InChI=1S/C73H116N8O18/c1-14-95-34-35-96-33-27-74-63(82)45-78(9)46-64(83)79-29-31-80(32-30-79)71-75-42-55(43-76-71)44-77-72(89)98-58-26-24-54(39-62(58)93-12)38-50(5)61-41-60(92-11)49(4)37-52(7)66(85)67(94-13)65(84)51(6)36-47(2)20-16-15-17-21-48(3)59(91-10)40-56-25-23-53(8)73(90,99-56)68(86)69(87)81-28-19-18-22-57(81)70(88)97-61/h15-17,20-21,37,42-43,47,49-51,53-54,56-62,66-67,85,90H,14,18-19,22-36,38-41,44-46H2,1-13H3,(H,74,82)(H,77,89)/b17-15+,20-16+,48-21+,52-37+/t47-,49-,50-,51-,53-,54+,56+,57?,58-,59+,60-,61+,62-,66-,67+,73-/m1/s1. The molecule has 556 valence electrons. The summed E-state index contributed by atoms with van der Waals surface area (Å²) in [7, 11) is 7.87. The number of cyclic esters (lactones) is 1. The molecule has 16 atom stereocenters. The van der Waals surface area contributed by atoms with Crippen LogP contribution in [-0.4, -0.2) is 251 Å². The summed E-state index contributed by atoms with van der Waals surface area (Å²) < 4.78 is 53.3. The average Bonchev–Trinajstić information content (AvgIpc) is 0.777. The van der Waals surface area contributed by atoms with Gasteiger partial charge in [0.1, 0.15) is 30.5 Å². The fraction of sp³-hybridized carbons (Fsp3) is 0.740. The molecule has 1 aliphatic carbocycles. The predicted molar refractivity (Wildman–Crippen MR) is 371 cm³/mol. The number of aliphatic hydroxyl groups is 2. The number of piperazine rings is 1. The number of fused-ring (bicyclic) bond motifs is 3. The number of ketones is 2. The Morgan fingerprint density at radius 2 is 1.49 bits per heavy atom. The van der Waals surface area contributed by atoms with Crippen LogP contribution in [-0.2, 0) is 77.9 Å². The largest absolute Gasteiger partial charge is 0.460 e. The number of anilines is 1. The molecule has 1 unspecified atom stereocenters. The minimum Gasteiger partial charge on any atom is -0.460 e. The second-order valence-electron chi connectivity index (χ2n) is 27.8. The number of allylic oxidation sites excluding steroid dienone is 5. The van der Waals surface area contributed by atoms with Crippen molar-refractivity contribution in [1.82, 2.24) is 35.3 Å². The number of carbonyl (C=O) groups is 7.